The number of aromatic amines is 1. The third-order valence-corrected chi connectivity index (χ3v) is 14.1. The molecule has 9 atom stereocenters. The summed E-state index contributed by atoms with van der Waals surface area (Å²) >= 11 is 0. The standard InChI is InChI=1S/C35H55N3O/c1-21(2)18-28(39)37-35-15-12-24(22(3)4)29(35)25-10-11-27-32(7)19-23-20-36-38-30(23)31(5,6)26(32)13-14-34(27,9)33(25,8)16-17-35/h20-21,24-27,29H,3,10-19H2,1-2,4-9H3,(H,36,38)(H,37,39)/t24-,25+,26-,27+,29+,32-,33+,34+,35-/m0/s1. The van der Waals surface area contributed by atoms with Crippen molar-refractivity contribution in [1.29, 1.82) is 0 Å². The molecule has 4 fully saturated rings. The molecule has 0 bridgehead atoms. The SMILES string of the molecule is C=C(C)[C@@H]1CC[C@]2(NC(=O)CC(C)C)CC[C@]3(C)[C@H](CC[C@@H]4[C@@]5(C)Cc6cn[nH]c6C(C)(C)[C@@H]5CC[C@]43C)[C@@H]12. The van der Waals surface area contributed by atoms with Crippen molar-refractivity contribution in [3.63, 3.8) is 0 Å². The summed E-state index contributed by atoms with van der Waals surface area (Å²) in [6.45, 7) is 24.1. The topological polar surface area (TPSA) is 57.8 Å². The van der Waals surface area contributed by atoms with Crippen molar-refractivity contribution in [3.8, 4) is 0 Å². The van der Waals surface area contributed by atoms with Gasteiger partial charge in [0.2, 0.25) is 5.91 Å². The van der Waals surface area contributed by atoms with Crippen LogP contribution in [0.15, 0.2) is 18.3 Å². The number of hydrogen-bond acceptors (Lipinski definition) is 2. The lowest BCUT2D eigenvalue weighted by atomic mass is 9.33. The van der Waals surface area contributed by atoms with E-state index in [1.807, 2.05) is 0 Å². The summed E-state index contributed by atoms with van der Waals surface area (Å²) in [7, 11) is 0. The second-order valence-corrected chi connectivity index (χ2v) is 16.7. The van der Waals surface area contributed by atoms with Gasteiger partial charge < -0.3 is 5.32 Å². The van der Waals surface area contributed by atoms with Crippen LogP contribution < -0.4 is 5.32 Å². The number of rotatable bonds is 4. The maximum atomic E-state index is 13.3. The van der Waals surface area contributed by atoms with Crippen molar-refractivity contribution in [3.05, 3.63) is 29.6 Å². The summed E-state index contributed by atoms with van der Waals surface area (Å²) in [5, 5.41) is 11.7. The molecule has 216 valence electrons. The van der Waals surface area contributed by atoms with Crippen LogP contribution in [0.3, 0.4) is 0 Å². The lowest BCUT2D eigenvalue weighted by Crippen LogP contribution is -2.69. The molecule has 39 heavy (non-hydrogen) atoms. The summed E-state index contributed by atoms with van der Waals surface area (Å²) < 4.78 is 0. The Labute approximate surface area is 237 Å². The Morgan fingerprint density at radius 2 is 1.77 bits per heavy atom. The molecule has 0 aliphatic heterocycles. The van der Waals surface area contributed by atoms with Crippen molar-refractivity contribution >= 4 is 5.91 Å². The second-order valence-electron chi connectivity index (χ2n) is 16.7. The lowest BCUT2D eigenvalue weighted by Gasteiger charge is -2.72. The number of hydrogen-bond donors (Lipinski definition) is 2. The fraction of sp³-hybridized carbons (Fsp3) is 0.829. The molecule has 1 amide bonds. The van der Waals surface area contributed by atoms with Crippen LogP contribution in [0.4, 0.5) is 0 Å². The lowest BCUT2D eigenvalue weighted by molar-refractivity contribution is -0.219. The zero-order valence-electron chi connectivity index (χ0n) is 26.2. The van der Waals surface area contributed by atoms with E-state index in [0.717, 1.165) is 18.8 Å². The van der Waals surface area contributed by atoms with Gasteiger partial charge in [-0.1, -0.05) is 60.6 Å². The highest BCUT2D eigenvalue weighted by atomic mass is 16.1. The Bertz CT molecular complexity index is 1160. The minimum absolute atomic E-state index is 0.0391. The van der Waals surface area contributed by atoms with Gasteiger partial charge in [-0.15, -0.1) is 0 Å². The van der Waals surface area contributed by atoms with E-state index in [9.17, 15) is 4.79 Å². The zero-order chi connectivity index (χ0) is 28.2. The molecule has 4 nitrogen and oxygen atoms in total. The Kier molecular flexibility index (Phi) is 6.16. The van der Waals surface area contributed by atoms with E-state index in [2.05, 4.69) is 83.7 Å². The second kappa shape index (κ2) is 8.71. The number of carbonyl (C=O) groups is 1. The van der Waals surface area contributed by atoms with E-state index >= 15 is 0 Å². The van der Waals surface area contributed by atoms with Crippen LogP contribution in [0, 0.1) is 51.8 Å². The largest absolute Gasteiger partial charge is 0.350 e. The minimum atomic E-state index is -0.0391. The molecule has 0 unspecified atom stereocenters. The molecule has 0 saturated heterocycles. The molecular weight excluding hydrogens is 478 g/mol. The number of H-pyrrole nitrogens is 1. The van der Waals surface area contributed by atoms with Crippen molar-refractivity contribution in [1.82, 2.24) is 15.5 Å². The van der Waals surface area contributed by atoms with Gasteiger partial charge in [0.1, 0.15) is 0 Å². The van der Waals surface area contributed by atoms with E-state index in [0.29, 0.717) is 52.3 Å². The van der Waals surface area contributed by atoms with Crippen LogP contribution in [0.5, 0.6) is 0 Å². The summed E-state index contributed by atoms with van der Waals surface area (Å²) in [5.74, 6) is 3.78. The fourth-order valence-electron chi connectivity index (χ4n) is 12.5. The van der Waals surface area contributed by atoms with Gasteiger partial charge in [0.05, 0.1) is 6.20 Å². The molecule has 5 aliphatic carbocycles. The van der Waals surface area contributed by atoms with Gasteiger partial charge in [0.25, 0.3) is 0 Å². The van der Waals surface area contributed by atoms with Gasteiger partial charge in [0, 0.05) is 23.1 Å². The third-order valence-electron chi connectivity index (χ3n) is 14.1. The quantitative estimate of drug-likeness (QED) is 0.385. The molecule has 6 rings (SSSR count). The average molecular weight is 534 g/mol. The molecule has 5 aliphatic rings. The Balaban J connectivity index is 1.38. The molecule has 0 radical (unpaired) electrons. The van der Waals surface area contributed by atoms with Crippen molar-refractivity contribution in [2.75, 3.05) is 0 Å². The number of aromatic nitrogens is 2. The Morgan fingerprint density at radius 3 is 2.46 bits per heavy atom. The van der Waals surface area contributed by atoms with Crippen LogP contribution in [-0.4, -0.2) is 21.6 Å². The number of allylic oxidation sites excluding steroid dienone is 1. The fourth-order valence-corrected chi connectivity index (χ4v) is 12.5. The van der Waals surface area contributed by atoms with Crippen LogP contribution >= 0.6 is 0 Å². The molecule has 1 aromatic heterocycles. The predicted octanol–water partition coefficient (Wildman–Crippen LogP) is 8.00. The first kappa shape index (κ1) is 27.6. The van der Waals surface area contributed by atoms with Crippen molar-refractivity contribution < 1.29 is 4.79 Å². The van der Waals surface area contributed by atoms with Crippen LogP contribution in [-0.2, 0) is 16.6 Å². The molecule has 1 aromatic rings. The number of carbonyl (C=O) groups excluding carboxylic acids is 1. The molecule has 4 saturated carbocycles. The first-order chi connectivity index (χ1) is 18.2. The monoisotopic (exact) mass is 533 g/mol. The molecule has 0 spiro atoms. The summed E-state index contributed by atoms with van der Waals surface area (Å²) in [5.41, 5.74) is 5.19. The zero-order valence-corrected chi connectivity index (χ0v) is 26.2. The first-order valence-corrected chi connectivity index (χ1v) is 16.2. The Morgan fingerprint density at radius 1 is 1.03 bits per heavy atom. The highest BCUT2D eigenvalue weighted by Gasteiger charge is 2.71. The predicted molar refractivity (Wildman–Crippen MR) is 159 cm³/mol. The maximum absolute atomic E-state index is 13.3. The van der Waals surface area contributed by atoms with Crippen LogP contribution in [0.1, 0.15) is 124 Å². The Hall–Kier alpha value is -1.58. The third kappa shape index (κ3) is 3.60. The van der Waals surface area contributed by atoms with E-state index in [1.165, 1.54) is 61.8 Å². The van der Waals surface area contributed by atoms with E-state index in [4.69, 9.17) is 0 Å². The van der Waals surface area contributed by atoms with Gasteiger partial charge in [-0.3, -0.25) is 9.89 Å². The molecular formula is C35H55N3O. The highest BCUT2D eigenvalue weighted by molar-refractivity contribution is 5.77. The number of nitrogens with one attached hydrogen (secondary N) is 2. The van der Waals surface area contributed by atoms with Crippen molar-refractivity contribution in [2.24, 2.45) is 51.8 Å². The number of fused-ring (bicyclic) bond motifs is 8. The van der Waals surface area contributed by atoms with E-state index < -0.39 is 0 Å². The highest BCUT2D eigenvalue weighted by Crippen LogP contribution is 2.76. The summed E-state index contributed by atoms with van der Waals surface area (Å²) in [6, 6.07) is 0. The van der Waals surface area contributed by atoms with Gasteiger partial charge >= 0.3 is 0 Å². The van der Waals surface area contributed by atoms with E-state index in [1.54, 1.807) is 0 Å². The van der Waals surface area contributed by atoms with Gasteiger partial charge in [0.15, 0.2) is 0 Å². The minimum Gasteiger partial charge on any atom is -0.350 e. The number of amides is 1. The normalized spacial score (nSPS) is 45.9. The molecule has 0 aromatic carbocycles. The van der Waals surface area contributed by atoms with Crippen LogP contribution in [0.2, 0.25) is 0 Å². The number of nitrogens with zero attached hydrogens (tertiary/aromatic N) is 1. The summed E-state index contributed by atoms with van der Waals surface area (Å²) in [4.78, 5) is 13.3. The molecule has 1 heterocycles. The molecule has 2 N–H and O–H groups in total. The van der Waals surface area contributed by atoms with Gasteiger partial charge in [-0.2, -0.15) is 5.10 Å². The van der Waals surface area contributed by atoms with Crippen LogP contribution in [0.25, 0.3) is 0 Å². The van der Waals surface area contributed by atoms with Crippen molar-refractivity contribution in [2.45, 2.75) is 131 Å². The summed E-state index contributed by atoms with van der Waals surface area (Å²) in [6.07, 6.45) is 13.9. The van der Waals surface area contributed by atoms with E-state index in [-0.39, 0.29) is 16.9 Å². The van der Waals surface area contributed by atoms with Gasteiger partial charge in [-0.25, -0.2) is 0 Å². The molecule has 4 heteroatoms. The average Bonchev–Trinajstić information content (AvgIpc) is 3.44. The van der Waals surface area contributed by atoms with Gasteiger partial charge in [-0.05, 0) is 122 Å². The maximum Gasteiger partial charge on any atom is 0.220 e. The first-order valence-electron chi connectivity index (χ1n) is 16.2. The smallest absolute Gasteiger partial charge is 0.220 e.